The van der Waals surface area contributed by atoms with Crippen molar-refractivity contribution in [2.75, 3.05) is 0 Å². The van der Waals surface area contributed by atoms with E-state index in [1.807, 2.05) is 0 Å². The maximum absolute atomic E-state index is 2.46. The van der Waals surface area contributed by atoms with Crippen LogP contribution in [0.15, 0.2) is 0 Å². The Morgan fingerprint density at radius 2 is 0.760 bits per heavy atom. The topological polar surface area (TPSA) is 0 Å². The number of hydrogen-bond donors (Lipinski definition) is 0. The summed E-state index contributed by atoms with van der Waals surface area (Å²) in [6.07, 6.45) is 17.5. The fourth-order valence-corrected chi connectivity index (χ4v) is 16.9. The average molecular weight is 458 g/mol. The van der Waals surface area contributed by atoms with E-state index in [0.717, 1.165) is 17.8 Å². The van der Waals surface area contributed by atoms with Gasteiger partial charge in [-0.15, -0.1) is 0 Å². The van der Waals surface area contributed by atoms with E-state index in [1.165, 1.54) is 77.0 Å². The Morgan fingerprint density at radius 1 is 0.480 bits per heavy atom. The van der Waals surface area contributed by atoms with Crippen molar-refractivity contribution in [1.29, 1.82) is 0 Å². The van der Waals surface area contributed by atoms with E-state index in [-0.39, 0.29) is 0 Å². The molecule has 0 rings (SSSR count). The van der Waals surface area contributed by atoms with Gasteiger partial charge in [-0.3, -0.25) is 0 Å². The van der Waals surface area contributed by atoms with Gasteiger partial charge in [-0.05, 0) is 0 Å². The first-order valence-electron chi connectivity index (χ1n) is 12.0. The molecule has 0 fully saturated rings. The molecule has 150 valence electrons. The second-order valence-corrected chi connectivity index (χ2v) is 16.4. The number of hydrogen-bond acceptors (Lipinski definition) is 0. The Bertz CT molecular complexity index is 220. The van der Waals surface area contributed by atoms with Crippen LogP contribution in [-0.4, -0.2) is 19.8 Å². The fraction of sp³-hybridized carbons (Fsp3) is 1.00. The van der Waals surface area contributed by atoms with Gasteiger partial charge in [0.05, 0.1) is 0 Å². The molecule has 0 spiro atoms. The van der Waals surface area contributed by atoms with Crippen molar-refractivity contribution in [1.82, 2.24) is 0 Å². The molecule has 0 radical (unpaired) electrons. The number of unbranched alkanes of at least 4 members (excludes halogenated alkanes) is 3. The third kappa shape index (κ3) is 13.6. The molecule has 0 saturated carbocycles. The summed E-state index contributed by atoms with van der Waals surface area (Å²) in [6.45, 7) is 14.5. The molecular formula is C24H51Sn+. The van der Waals surface area contributed by atoms with Crippen LogP contribution in [0.5, 0.6) is 0 Å². The molecule has 1 heteroatoms. The Kier molecular flexibility index (Phi) is 18.8. The molecule has 0 aliphatic heterocycles. The van der Waals surface area contributed by atoms with Crippen molar-refractivity contribution in [3.8, 4) is 0 Å². The van der Waals surface area contributed by atoms with Crippen LogP contribution >= 0.6 is 0 Å². The minimum absolute atomic E-state index is 1.07. The third-order valence-electron chi connectivity index (χ3n) is 6.36. The summed E-state index contributed by atoms with van der Waals surface area (Å²) in [6, 6.07) is 0. The van der Waals surface area contributed by atoms with Crippen molar-refractivity contribution in [3.05, 3.63) is 0 Å². The van der Waals surface area contributed by atoms with Gasteiger partial charge < -0.3 is 0 Å². The molecule has 0 aliphatic rings. The summed E-state index contributed by atoms with van der Waals surface area (Å²) >= 11 is -1.25. The molecule has 0 nitrogen and oxygen atoms in total. The quantitative estimate of drug-likeness (QED) is 0.180. The normalized spacial score (nSPS) is 15.1. The zero-order valence-corrected chi connectivity index (χ0v) is 21.7. The van der Waals surface area contributed by atoms with Crippen molar-refractivity contribution in [2.45, 2.75) is 132 Å². The van der Waals surface area contributed by atoms with Crippen molar-refractivity contribution in [3.63, 3.8) is 0 Å². The molecule has 0 bridgehead atoms. The molecule has 0 aromatic heterocycles. The Labute approximate surface area is 169 Å². The molecule has 0 heterocycles. The first kappa shape index (κ1) is 25.8. The summed E-state index contributed by atoms with van der Waals surface area (Å²) in [4.78, 5) is 0. The Balaban J connectivity index is 4.80. The maximum atomic E-state index is 2.46. The predicted molar refractivity (Wildman–Crippen MR) is 120 cm³/mol. The first-order chi connectivity index (χ1) is 12.1. The summed E-state index contributed by atoms with van der Waals surface area (Å²) in [5.41, 5.74) is 0. The van der Waals surface area contributed by atoms with Crippen LogP contribution < -0.4 is 0 Å². The Morgan fingerprint density at radius 3 is 0.960 bits per heavy atom. The van der Waals surface area contributed by atoms with Gasteiger partial charge in [-0.1, -0.05) is 0 Å². The van der Waals surface area contributed by atoms with E-state index in [2.05, 4.69) is 41.5 Å². The fourth-order valence-electron chi connectivity index (χ4n) is 4.30. The number of rotatable bonds is 18. The second-order valence-electron chi connectivity index (χ2n) is 8.61. The van der Waals surface area contributed by atoms with Crippen LogP contribution in [0, 0.1) is 17.8 Å². The average Bonchev–Trinajstić information content (AvgIpc) is 2.64. The van der Waals surface area contributed by atoms with E-state index in [9.17, 15) is 0 Å². The summed E-state index contributed by atoms with van der Waals surface area (Å²) in [7, 11) is 0. The van der Waals surface area contributed by atoms with E-state index in [4.69, 9.17) is 0 Å². The summed E-state index contributed by atoms with van der Waals surface area (Å²) < 4.78 is 5.14. The molecule has 3 unspecified atom stereocenters. The van der Waals surface area contributed by atoms with Gasteiger partial charge in [0.25, 0.3) is 0 Å². The van der Waals surface area contributed by atoms with Crippen LogP contribution in [0.25, 0.3) is 0 Å². The van der Waals surface area contributed by atoms with E-state index < -0.39 is 19.8 Å². The zero-order valence-electron chi connectivity index (χ0n) is 18.8. The van der Waals surface area contributed by atoms with Crippen molar-refractivity contribution in [2.24, 2.45) is 17.8 Å². The van der Waals surface area contributed by atoms with Gasteiger partial charge >= 0.3 is 169 Å². The molecule has 0 aromatic carbocycles. The van der Waals surface area contributed by atoms with E-state index in [1.54, 1.807) is 13.3 Å². The van der Waals surface area contributed by atoms with Gasteiger partial charge in [0.15, 0.2) is 0 Å². The molecule has 3 atom stereocenters. The monoisotopic (exact) mass is 459 g/mol. The molecule has 0 aliphatic carbocycles. The molecule has 25 heavy (non-hydrogen) atoms. The Hall–Kier alpha value is 0.799. The molecular weight excluding hydrogens is 407 g/mol. The first-order valence-corrected chi connectivity index (χ1v) is 18.0. The minimum atomic E-state index is -1.25. The molecule has 0 amide bonds. The SMILES string of the molecule is CCCCC(CC)[CH2][Sn+]([CH2]C(CC)CCCC)[CH2]C(CC)CCCC. The van der Waals surface area contributed by atoms with E-state index >= 15 is 0 Å². The van der Waals surface area contributed by atoms with Gasteiger partial charge in [0.2, 0.25) is 0 Å². The molecule has 0 aromatic rings. The summed E-state index contributed by atoms with van der Waals surface area (Å²) in [5, 5.41) is 0. The van der Waals surface area contributed by atoms with Crippen molar-refractivity contribution >= 4 is 19.8 Å². The van der Waals surface area contributed by atoms with Gasteiger partial charge in [0.1, 0.15) is 0 Å². The standard InChI is InChI=1S/3C8H17.Sn/c3*1-4-6-7-8(3)5-2;/h3*8H,3-7H2,1-2H3;/q;;;+1. The van der Waals surface area contributed by atoms with Crippen LogP contribution in [0.2, 0.25) is 13.3 Å². The zero-order chi connectivity index (χ0) is 18.9. The molecule has 0 N–H and O–H groups in total. The second kappa shape index (κ2) is 18.2. The predicted octanol–water partition coefficient (Wildman–Crippen LogP) is 9.13. The van der Waals surface area contributed by atoms with Crippen LogP contribution in [0.4, 0.5) is 0 Å². The third-order valence-corrected chi connectivity index (χ3v) is 16.2. The van der Waals surface area contributed by atoms with Gasteiger partial charge in [-0.25, -0.2) is 0 Å². The van der Waals surface area contributed by atoms with Gasteiger partial charge in [-0.2, -0.15) is 0 Å². The van der Waals surface area contributed by atoms with E-state index in [0.29, 0.717) is 0 Å². The van der Waals surface area contributed by atoms with Gasteiger partial charge in [0, 0.05) is 0 Å². The van der Waals surface area contributed by atoms with Crippen LogP contribution in [0.3, 0.4) is 0 Å². The summed E-state index contributed by atoms with van der Waals surface area (Å²) in [5.74, 6) is 3.21. The van der Waals surface area contributed by atoms with Crippen molar-refractivity contribution < 1.29 is 0 Å². The van der Waals surface area contributed by atoms with Crippen LogP contribution in [0.1, 0.15) is 119 Å². The van der Waals surface area contributed by atoms with Crippen LogP contribution in [-0.2, 0) is 0 Å². The molecule has 0 saturated heterocycles.